The Kier molecular flexibility index (Phi) is 3.75. The van der Waals surface area contributed by atoms with Crippen LogP contribution in [0.2, 0.25) is 0 Å². The molecule has 0 aliphatic rings. The van der Waals surface area contributed by atoms with Crippen LogP contribution >= 0.6 is 27.3 Å². The molecule has 2 aromatic heterocycles. The fraction of sp³-hybridized carbons (Fsp3) is 0.0714. The molecule has 20 heavy (non-hydrogen) atoms. The van der Waals surface area contributed by atoms with E-state index in [0.29, 0.717) is 12.1 Å². The summed E-state index contributed by atoms with van der Waals surface area (Å²) in [6.45, 7) is 0.521. The fourth-order valence-corrected chi connectivity index (χ4v) is 3.21. The Morgan fingerprint density at radius 1 is 1.20 bits per heavy atom. The first kappa shape index (κ1) is 13.2. The van der Waals surface area contributed by atoms with Crippen LogP contribution in [0.4, 0.5) is 0 Å². The highest BCUT2D eigenvalue weighted by Gasteiger charge is 2.07. The van der Waals surface area contributed by atoms with E-state index in [0.717, 1.165) is 20.4 Å². The molecular formula is C14H10BrN3OS. The molecule has 2 heterocycles. The maximum Gasteiger partial charge on any atom is 0.251 e. The number of amides is 1. The van der Waals surface area contributed by atoms with Gasteiger partial charge in [0.2, 0.25) is 0 Å². The highest BCUT2D eigenvalue weighted by molar-refractivity contribution is 9.10. The van der Waals surface area contributed by atoms with Crippen LogP contribution in [0.3, 0.4) is 0 Å². The number of halogens is 1. The van der Waals surface area contributed by atoms with Gasteiger partial charge in [-0.2, -0.15) is 0 Å². The maximum atomic E-state index is 12.1. The first-order valence-electron chi connectivity index (χ1n) is 5.94. The normalized spacial score (nSPS) is 10.7. The quantitative estimate of drug-likeness (QED) is 0.790. The Morgan fingerprint density at radius 3 is 2.75 bits per heavy atom. The van der Waals surface area contributed by atoms with Gasteiger partial charge in [0.1, 0.15) is 0 Å². The number of aromatic nitrogens is 2. The average Bonchev–Trinajstić information content (AvgIpc) is 2.90. The molecule has 0 unspecified atom stereocenters. The Hall–Kier alpha value is -1.79. The number of nitrogens with one attached hydrogen (secondary N) is 1. The lowest BCUT2D eigenvalue weighted by atomic mass is 10.2. The minimum Gasteiger partial charge on any atom is -0.347 e. The Morgan fingerprint density at radius 2 is 2.00 bits per heavy atom. The van der Waals surface area contributed by atoms with Crippen molar-refractivity contribution in [3.8, 4) is 0 Å². The molecular weight excluding hydrogens is 338 g/mol. The second-order valence-corrected chi connectivity index (χ2v) is 6.09. The summed E-state index contributed by atoms with van der Waals surface area (Å²) >= 11 is 5.00. The zero-order chi connectivity index (χ0) is 13.9. The van der Waals surface area contributed by atoms with Gasteiger partial charge in [-0.15, -0.1) is 11.3 Å². The van der Waals surface area contributed by atoms with Crippen LogP contribution in [-0.2, 0) is 6.54 Å². The number of hydrogen-bond donors (Lipinski definition) is 1. The first-order chi connectivity index (χ1) is 9.72. The third-order valence-electron chi connectivity index (χ3n) is 2.78. The standard InChI is InChI=1S/C14H10BrN3OS/c15-10-6-11(20-8-10)7-18-14(19)9-1-2-12-13(5-9)17-4-3-16-12/h1-6,8H,7H2,(H,18,19). The molecule has 1 aromatic carbocycles. The van der Waals surface area contributed by atoms with E-state index in [1.807, 2.05) is 11.4 Å². The van der Waals surface area contributed by atoms with Crippen LogP contribution in [0.15, 0.2) is 46.5 Å². The molecule has 0 bridgehead atoms. The number of carbonyl (C=O) groups is 1. The Labute approximate surface area is 128 Å². The van der Waals surface area contributed by atoms with Gasteiger partial charge in [-0.1, -0.05) is 0 Å². The van der Waals surface area contributed by atoms with Crippen molar-refractivity contribution in [2.24, 2.45) is 0 Å². The van der Waals surface area contributed by atoms with E-state index in [4.69, 9.17) is 0 Å². The highest BCUT2D eigenvalue weighted by Crippen LogP contribution is 2.19. The van der Waals surface area contributed by atoms with E-state index in [9.17, 15) is 4.79 Å². The lowest BCUT2D eigenvalue weighted by Crippen LogP contribution is -2.22. The average molecular weight is 348 g/mol. The SMILES string of the molecule is O=C(NCc1cc(Br)cs1)c1ccc2nccnc2c1. The molecule has 1 N–H and O–H groups in total. The minimum atomic E-state index is -0.109. The number of thiophene rings is 1. The van der Waals surface area contributed by atoms with E-state index >= 15 is 0 Å². The maximum absolute atomic E-state index is 12.1. The van der Waals surface area contributed by atoms with Crippen LogP contribution in [0.1, 0.15) is 15.2 Å². The molecule has 0 radical (unpaired) electrons. The van der Waals surface area contributed by atoms with Crippen LogP contribution in [0.5, 0.6) is 0 Å². The third kappa shape index (κ3) is 2.86. The zero-order valence-electron chi connectivity index (χ0n) is 10.3. The first-order valence-corrected chi connectivity index (χ1v) is 7.61. The van der Waals surface area contributed by atoms with Crippen molar-refractivity contribution in [2.75, 3.05) is 0 Å². The van der Waals surface area contributed by atoms with Crippen molar-refractivity contribution < 1.29 is 4.79 Å². The number of nitrogens with zero attached hydrogens (tertiary/aromatic N) is 2. The molecule has 0 saturated heterocycles. The minimum absolute atomic E-state index is 0.109. The lowest BCUT2D eigenvalue weighted by molar-refractivity contribution is 0.0951. The monoisotopic (exact) mass is 347 g/mol. The molecule has 100 valence electrons. The van der Waals surface area contributed by atoms with Crippen molar-refractivity contribution in [1.82, 2.24) is 15.3 Å². The topological polar surface area (TPSA) is 54.9 Å². The number of fused-ring (bicyclic) bond motifs is 1. The molecule has 0 aliphatic heterocycles. The van der Waals surface area contributed by atoms with Gasteiger partial charge in [0.15, 0.2) is 0 Å². The number of carbonyl (C=O) groups excluding carboxylic acids is 1. The summed E-state index contributed by atoms with van der Waals surface area (Å²) in [5.41, 5.74) is 2.10. The predicted molar refractivity (Wildman–Crippen MR) is 82.7 cm³/mol. The Balaban J connectivity index is 1.75. The molecule has 4 nitrogen and oxygen atoms in total. The van der Waals surface area contributed by atoms with Gasteiger partial charge in [-0.05, 0) is 40.2 Å². The summed E-state index contributed by atoms with van der Waals surface area (Å²) in [7, 11) is 0. The van der Waals surface area contributed by atoms with Gasteiger partial charge in [0, 0.05) is 32.7 Å². The molecule has 3 rings (SSSR count). The molecule has 0 atom stereocenters. The molecule has 3 aromatic rings. The second-order valence-electron chi connectivity index (χ2n) is 4.17. The largest absolute Gasteiger partial charge is 0.347 e. The molecule has 0 aliphatic carbocycles. The number of rotatable bonds is 3. The van der Waals surface area contributed by atoms with Crippen LogP contribution in [0.25, 0.3) is 11.0 Å². The van der Waals surface area contributed by atoms with Crippen LogP contribution in [-0.4, -0.2) is 15.9 Å². The van der Waals surface area contributed by atoms with Crippen molar-refractivity contribution in [1.29, 1.82) is 0 Å². The molecule has 1 amide bonds. The van der Waals surface area contributed by atoms with Crippen molar-refractivity contribution >= 4 is 44.2 Å². The Bertz CT molecular complexity index is 772. The lowest BCUT2D eigenvalue weighted by Gasteiger charge is -2.04. The van der Waals surface area contributed by atoms with Gasteiger partial charge in [-0.25, -0.2) is 0 Å². The summed E-state index contributed by atoms with van der Waals surface area (Å²) in [4.78, 5) is 21.6. The summed E-state index contributed by atoms with van der Waals surface area (Å²) in [5.74, 6) is -0.109. The molecule has 0 fully saturated rings. The number of hydrogen-bond acceptors (Lipinski definition) is 4. The van der Waals surface area contributed by atoms with E-state index in [-0.39, 0.29) is 5.91 Å². The zero-order valence-corrected chi connectivity index (χ0v) is 12.7. The summed E-state index contributed by atoms with van der Waals surface area (Å²) in [5, 5.41) is 4.89. The summed E-state index contributed by atoms with van der Waals surface area (Å²) in [6, 6.07) is 7.31. The number of benzene rings is 1. The van der Waals surface area contributed by atoms with E-state index in [1.165, 1.54) is 0 Å². The van der Waals surface area contributed by atoms with E-state index < -0.39 is 0 Å². The van der Waals surface area contributed by atoms with Gasteiger partial charge < -0.3 is 5.32 Å². The highest BCUT2D eigenvalue weighted by atomic mass is 79.9. The fourth-order valence-electron chi connectivity index (χ4n) is 1.82. The third-order valence-corrected chi connectivity index (χ3v) is 4.47. The van der Waals surface area contributed by atoms with Gasteiger partial charge in [0.05, 0.1) is 17.6 Å². The van der Waals surface area contributed by atoms with Gasteiger partial charge in [-0.3, -0.25) is 14.8 Å². The molecule has 0 saturated carbocycles. The van der Waals surface area contributed by atoms with Crippen LogP contribution in [0, 0.1) is 0 Å². The molecule has 6 heteroatoms. The van der Waals surface area contributed by atoms with Crippen LogP contribution < -0.4 is 5.32 Å². The smallest absolute Gasteiger partial charge is 0.251 e. The van der Waals surface area contributed by atoms with E-state index in [1.54, 1.807) is 41.9 Å². The summed E-state index contributed by atoms with van der Waals surface area (Å²) in [6.07, 6.45) is 3.25. The van der Waals surface area contributed by atoms with E-state index in [2.05, 4.69) is 31.2 Å². The van der Waals surface area contributed by atoms with Crippen molar-refractivity contribution in [2.45, 2.75) is 6.54 Å². The van der Waals surface area contributed by atoms with Crippen molar-refractivity contribution in [3.05, 3.63) is 57.0 Å². The van der Waals surface area contributed by atoms with Crippen molar-refractivity contribution in [3.63, 3.8) is 0 Å². The molecule has 0 spiro atoms. The van der Waals surface area contributed by atoms with Gasteiger partial charge in [0.25, 0.3) is 5.91 Å². The second kappa shape index (κ2) is 5.68. The summed E-state index contributed by atoms with van der Waals surface area (Å²) < 4.78 is 1.03. The predicted octanol–water partition coefficient (Wildman–Crippen LogP) is 3.38. The van der Waals surface area contributed by atoms with Gasteiger partial charge >= 0.3 is 0 Å².